The number of esters is 1. The third-order valence-corrected chi connectivity index (χ3v) is 3.60. The molecule has 2 rings (SSSR count). The number of benzene rings is 1. The standard InChI is InChI=1S/C19H23NO6/c1-3-24-18(21)10-11-20(19(22)17-5-4-13-26-17)12-14-25-16-8-6-15(23-2)7-9-16/h4-9,13H,3,10-12,14H2,1-2H3. The summed E-state index contributed by atoms with van der Waals surface area (Å²) in [5, 5.41) is 0. The highest BCUT2D eigenvalue weighted by molar-refractivity contribution is 5.91. The van der Waals surface area contributed by atoms with Crippen LogP contribution in [0.25, 0.3) is 0 Å². The fourth-order valence-electron chi connectivity index (χ4n) is 2.28. The maximum atomic E-state index is 12.5. The van der Waals surface area contributed by atoms with Gasteiger partial charge in [-0.1, -0.05) is 0 Å². The number of furan rings is 1. The van der Waals surface area contributed by atoms with Gasteiger partial charge in [0.05, 0.1) is 32.9 Å². The van der Waals surface area contributed by atoms with E-state index in [0.717, 1.165) is 5.75 Å². The highest BCUT2D eigenvalue weighted by Gasteiger charge is 2.19. The second kappa shape index (κ2) is 10.1. The smallest absolute Gasteiger partial charge is 0.307 e. The first-order chi connectivity index (χ1) is 12.6. The van der Waals surface area contributed by atoms with Gasteiger partial charge in [0.15, 0.2) is 5.76 Å². The van der Waals surface area contributed by atoms with E-state index < -0.39 is 0 Å². The molecule has 2 aromatic rings. The monoisotopic (exact) mass is 361 g/mol. The Balaban J connectivity index is 1.91. The molecule has 0 atom stereocenters. The van der Waals surface area contributed by atoms with Gasteiger partial charge in [0, 0.05) is 6.54 Å². The van der Waals surface area contributed by atoms with Crippen LogP contribution in [0.4, 0.5) is 0 Å². The zero-order chi connectivity index (χ0) is 18.8. The van der Waals surface area contributed by atoms with Gasteiger partial charge >= 0.3 is 5.97 Å². The molecule has 26 heavy (non-hydrogen) atoms. The summed E-state index contributed by atoms with van der Waals surface area (Å²) in [5.41, 5.74) is 0. The summed E-state index contributed by atoms with van der Waals surface area (Å²) >= 11 is 0. The second-order valence-corrected chi connectivity index (χ2v) is 5.35. The molecule has 1 heterocycles. The van der Waals surface area contributed by atoms with Crippen molar-refractivity contribution in [1.29, 1.82) is 0 Å². The van der Waals surface area contributed by atoms with Crippen LogP contribution < -0.4 is 9.47 Å². The quantitative estimate of drug-likeness (QED) is 0.606. The molecule has 0 aliphatic carbocycles. The van der Waals surface area contributed by atoms with Gasteiger partial charge in [-0.15, -0.1) is 0 Å². The van der Waals surface area contributed by atoms with E-state index in [9.17, 15) is 9.59 Å². The Kier molecular flexibility index (Phi) is 7.54. The van der Waals surface area contributed by atoms with Crippen LogP contribution >= 0.6 is 0 Å². The zero-order valence-corrected chi connectivity index (χ0v) is 15.0. The number of amides is 1. The Morgan fingerprint density at radius 2 is 1.81 bits per heavy atom. The number of carbonyl (C=O) groups is 2. The Morgan fingerprint density at radius 1 is 1.08 bits per heavy atom. The van der Waals surface area contributed by atoms with Crippen molar-refractivity contribution in [2.24, 2.45) is 0 Å². The molecule has 0 fully saturated rings. The average Bonchev–Trinajstić information content (AvgIpc) is 3.19. The number of carbonyl (C=O) groups excluding carboxylic acids is 2. The summed E-state index contributed by atoms with van der Waals surface area (Å²) in [6.07, 6.45) is 1.55. The Morgan fingerprint density at radius 3 is 2.42 bits per heavy atom. The number of hydrogen-bond acceptors (Lipinski definition) is 6. The van der Waals surface area contributed by atoms with Crippen molar-refractivity contribution in [3.63, 3.8) is 0 Å². The molecular weight excluding hydrogens is 338 g/mol. The molecular formula is C19H23NO6. The summed E-state index contributed by atoms with van der Waals surface area (Å²) in [7, 11) is 1.59. The fourth-order valence-corrected chi connectivity index (χ4v) is 2.28. The molecule has 0 aliphatic heterocycles. The molecule has 0 radical (unpaired) electrons. The van der Waals surface area contributed by atoms with E-state index in [1.165, 1.54) is 11.2 Å². The van der Waals surface area contributed by atoms with Crippen LogP contribution in [0.1, 0.15) is 23.9 Å². The molecule has 0 unspecified atom stereocenters. The molecule has 1 aromatic carbocycles. The van der Waals surface area contributed by atoms with Crippen molar-refractivity contribution in [2.75, 3.05) is 33.4 Å². The van der Waals surface area contributed by atoms with Crippen molar-refractivity contribution in [3.05, 3.63) is 48.4 Å². The SMILES string of the molecule is CCOC(=O)CCN(CCOc1ccc(OC)cc1)C(=O)c1ccco1. The van der Waals surface area contributed by atoms with E-state index in [-0.39, 0.29) is 37.2 Å². The summed E-state index contributed by atoms with van der Waals surface area (Å²) in [6, 6.07) is 10.4. The first kappa shape index (κ1) is 19.4. The van der Waals surface area contributed by atoms with E-state index >= 15 is 0 Å². The first-order valence-electron chi connectivity index (χ1n) is 8.39. The summed E-state index contributed by atoms with van der Waals surface area (Å²) in [4.78, 5) is 25.6. The largest absolute Gasteiger partial charge is 0.497 e. The van der Waals surface area contributed by atoms with Gasteiger partial charge in [-0.3, -0.25) is 9.59 Å². The molecule has 0 saturated heterocycles. The molecule has 140 valence electrons. The van der Waals surface area contributed by atoms with E-state index in [1.807, 2.05) is 0 Å². The molecule has 0 N–H and O–H groups in total. The van der Waals surface area contributed by atoms with E-state index in [2.05, 4.69) is 0 Å². The van der Waals surface area contributed by atoms with Crippen LogP contribution in [-0.2, 0) is 9.53 Å². The molecule has 0 aliphatic rings. The van der Waals surface area contributed by atoms with Crippen molar-refractivity contribution < 1.29 is 28.2 Å². The van der Waals surface area contributed by atoms with Gasteiger partial charge < -0.3 is 23.5 Å². The molecule has 7 nitrogen and oxygen atoms in total. The lowest BCUT2D eigenvalue weighted by atomic mass is 10.3. The minimum Gasteiger partial charge on any atom is -0.497 e. The van der Waals surface area contributed by atoms with Gasteiger partial charge in [0.25, 0.3) is 5.91 Å². The lowest BCUT2D eigenvalue weighted by Crippen LogP contribution is -2.36. The highest BCUT2D eigenvalue weighted by Crippen LogP contribution is 2.17. The highest BCUT2D eigenvalue weighted by atomic mass is 16.5. The minimum absolute atomic E-state index is 0.114. The molecule has 0 bridgehead atoms. The summed E-state index contributed by atoms with van der Waals surface area (Å²) in [5.74, 6) is 0.986. The third kappa shape index (κ3) is 5.84. The Labute approximate surface area is 152 Å². The predicted molar refractivity (Wildman–Crippen MR) is 94.4 cm³/mol. The predicted octanol–water partition coefficient (Wildman–Crippen LogP) is 2.76. The number of methoxy groups -OCH3 is 1. The van der Waals surface area contributed by atoms with Gasteiger partial charge in [0.2, 0.25) is 0 Å². The van der Waals surface area contributed by atoms with Gasteiger partial charge in [-0.2, -0.15) is 0 Å². The van der Waals surface area contributed by atoms with Gasteiger partial charge in [0.1, 0.15) is 18.1 Å². The van der Waals surface area contributed by atoms with Crippen LogP contribution in [0.15, 0.2) is 47.1 Å². The third-order valence-electron chi connectivity index (χ3n) is 3.60. The summed E-state index contributed by atoms with van der Waals surface area (Å²) in [6.45, 7) is 2.87. The lowest BCUT2D eigenvalue weighted by molar-refractivity contribution is -0.143. The lowest BCUT2D eigenvalue weighted by Gasteiger charge is -2.21. The van der Waals surface area contributed by atoms with Crippen LogP contribution in [0.5, 0.6) is 11.5 Å². The number of nitrogens with zero attached hydrogens (tertiary/aromatic N) is 1. The normalized spacial score (nSPS) is 10.2. The van der Waals surface area contributed by atoms with Crippen LogP contribution in [-0.4, -0.2) is 50.2 Å². The van der Waals surface area contributed by atoms with Crippen molar-refractivity contribution >= 4 is 11.9 Å². The molecule has 1 aromatic heterocycles. The minimum atomic E-state index is -0.346. The maximum Gasteiger partial charge on any atom is 0.307 e. The van der Waals surface area contributed by atoms with Crippen LogP contribution in [0.2, 0.25) is 0 Å². The summed E-state index contributed by atoms with van der Waals surface area (Å²) < 4.78 is 20.8. The van der Waals surface area contributed by atoms with Gasteiger partial charge in [-0.25, -0.2) is 0 Å². The van der Waals surface area contributed by atoms with E-state index in [4.69, 9.17) is 18.6 Å². The molecule has 0 spiro atoms. The van der Waals surface area contributed by atoms with E-state index in [0.29, 0.717) is 18.9 Å². The first-order valence-corrected chi connectivity index (χ1v) is 8.39. The average molecular weight is 361 g/mol. The number of hydrogen-bond donors (Lipinski definition) is 0. The van der Waals surface area contributed by atoms with Crippen molar-refractivity contribution in [2.45, 2.75) is 13.3 Å². The molecule has 0 saturated carbocycles. The Hall–Kier alpha value is -2.96. The number of rotatable bonds is 10. The number of ether oxygens (including phenoxy) is 3. The van der Waals surface area contributed by atoms with Gasteiger partial charge in [-0.05, 0) is 43.3 Å². The van der Waals surface area contributed by atoms with Crippen LogP contribution in [0, 0.1) is 0 Å². The zero-order valence-electron chi connectivity index (χ0n) is 15.0. The Bertz CT molecular complexity index is 681. The maximum absolute atomic E-state index is 12.5. The molecule has 1 amide bonds. The fraction of sp³-hybridized carbons (Fsp3) is 0.368. The molecule has 7 heteroatoms. The van der Waals surface area contributed by atoms with Crippen molar-refractivity contribution in [1.82, 2.24) is 4.90 Å². The van der Waals surface area contributed by atoms with Crippen molar-refractivity contribution in [3.8, 4) is 11.5 Å². The topological polar surface area (TPSA) is 78.2 Å². The second-order valence-electron chi connectivity index (χ2n) is 5.35. The van der Waals surface area contributed by atoms with E-state index in [1.54, 1.807) is 50.4 Å². The van der Waals surface area contributed by atoms with Crippen LogP contribution in [0.3, 0.4) is 0 Å².